The van der Waals surface area contributed by atoms with Crippen LogP contribution in [0, 0.1) is 0 Å². The summed E-state index contributed by atoms with van der Waals surface area (Å²) < 4.78 is 0. The summed E-state index contributed by atoms with van der Waals surface area (Å²) in [7, 11) is 0. The molecule has 0 radical (unpaired) electrons. The average molecular weight is 243 g/mol. The Balaban J connectivity index is 2.48. The quantitative estimate of drug-likeness (QED) is 0.772. The Kier molecular flexibility index (Phi) is 5.22. The number of halogens is 1. The normalized spacial score (nSPS) is 12.2. The summed E-state index contributed by atoms with van der Waals surface area (Å²) in [5.41, 5.74) is 0.486. The van der Waals surface area contributed by atoms with Gasteiger partial charge in [0.15, 0.2) is 0 Å². The summed E-state index contributed by atoms with van der Waals surface area (Å²) in [6.07, 6.45) is 2.88. The molecule has 16 heavy (non-hydrogen) atoms. The van der Waals surface area contributed by atoms with E-state index in [0.717, 1.165) is 6.42 Å². The van der Waals surface area contributed by atoms with Gasteiger partial charge in [0.2, 0.25) is 0 Å². The monoisotopic (exact) mass is 242 g/mol. The third kappa shape index (κ3) is 4.16. The van der Waals surface area contributed by atoms with E-state index in [1.165, 1.54) is 6.20 Å². The maximum absolute atomic E-state index is 11.7. The van der Waals surface area contributed by atoms with Crippen molar-refractivity contribution in [2.75, 3.05) is 6.61 Å². The van der Waals surface area contributed by atoms with Crippen LogP contribution in [0.15, 0.2) is 18.3 Å². The van der Waals surface area contributed by atoms with E-state index in [2.05, 4.69) is 10.3 Å². The maximum atomic E-state index is 11.7. The first-order chi connectivity index (χ1) is 7.63. The predicted octanol–water partition coefficient (Wildman–Crippen LogP) is 1.63. The number of amides is 1. The zero-order chi connectivity index (χ0) is 12.0. The fraction of sp³-hybridized carbons (Fsp3) is 0.455. The third-order valence-electron chi connectivity index (χ3n) is 2.16. The van der Waals surface area contributed by atoms with Gasteiger partial charge in [0.05, 0.1) is 5.56 Å². The lowest BCUT2D eigenvalue weighted by molar-refractivity contribution is 0.0936. The van der Waals surface area contributed by atoms with Gasteiger partial charge in [-0.05, 0) is 31.9 Å². The highest BCUT2D eigenvalue weighted by Crippen LogP contribution is 2.06. The molecule has 1 rings (SSSR count). The first kappa shape index (κ1) is 12.9. The van der Waals surface area contributed by atoms with E-state index in [1.54, 1.807) is 12.1 Å². The molecule has 0 aliphatic rings. The van der Waals surface area contributed by atoms with Crippen LogP contribution in [0.2, 0.25) is 5.15 Å². The number of hydrogen-bond donors (Lipinski definition) is 2. The second kappa shape index (κ2) is 6.45. The van der Waals surface area contributed by atoms with Crippen LogP contribution in [-0.2, 0) is 0 Å². The molecule has 0 aliphatic carbocycles. The van der Waals surface area contributed by atoms with Crippen LogP contribution in [0.3, 0.4) is 0 Å². The topological polar surface area (TPSA) is 62.2 Å². The number of carbonyl (C=O) groups excluding carboxylic acids is 1. The largest absolute Gasteiger partial charge is 0.396 e. The van der Waals surface area contributed by atoms with Crippen LogP contribution in [0.4, 0.5) is 0 Å². The van der Waals surface area contributed by atoms with Crippen molar-refractivity contribution in [3.63, 3.8) is 0 Å². The van der Waals surface area contributed by atoms with Gasteiger partial charge < -0.3 is 10.4 Å². The van der Waals surface area contributed by atoms with E-state index in [9.17, 15) is 4.79 Å². The van der Waals surface area contributed by atoms with Gasteiger partial charge in [-0.15, -0.1) is 0 Å². The van der Waals surface area contributed by atoms with E-state index < -0.39 is 0 Å². The first-order valence-electron chi connectivity index (χ1n) is 5.16. The SMILES string of the molecule is CC(CCCO)NC(=O)c1ccc(Cl)nc1. The van der Waals surface area contributed by atoms with Gasteiger partial charge in [-0.3, -0.25) is 4.79 Å². The second-order valence-electron chi connectivity index (χ2n) is 3.61. The van der Waals surface area contributed by atoms with Gasteiger partial charge in [0.1, 0.15) is 5.15 Å². The molecule has 1 unspecified atom stereocenters. The minimum absolute atomic E-state index is 0.0373. The number of aromatic nitrogens is 1. The van der Waals surface area contributed by atoms with Crippen molar-refractivity contribution in [1.82, 2.24) is 10.3 Å². The number of aliphatic hydroxyl groups excluding tert-OH is 1. The van der Waals surface area contributed by atoms with E-state index in [-0.39, 0.29) is 18.6 Å². The highest BCUT2D eigenvalue weighted by molar-refractivity contribution is 6.29. The summed E-state index contributed by atoms with van der Waals surface area (Å²) in [5, 5.41) is 11.8. The molecule has 0 fully saturated rings. The molecule has 0 aromatic carbocycles. The standard InChI is InChI=1S/C11H15ClN2O2/c1-8(3-2-6-15)14-11(16)9-4-5-10(12)13-7-9/h4-5,7-8,15H,2-3,6H2,1H3,(H,14,16). The highest BCUT2D eigenvalue weighted by Gasteiger charge is 2.09. The summed E-state index contributed by atoms with van der Waals surface area (Å²) in [4.78, 5) is 15.5. The lowest BCUT2D eigenvalue weighted by atomic mass is 10.1. The molecule has 1 atom stereocenters. The fourth-order valence-corrected chi connectivity index (χ4v) is 1.40. The Labute approximate surface area is 99.6 Å². The van der Waals surface area contributed by atoms with Crippen LogP contribution < -0.4 is 5.32 Å². The molecular weight excluding hydrogens is 228 g/mol. The van der Waals surface area contributed by atoms with Crippen molar-refractivity contribution in [3.05, 3.63) is 29.0 Å². The van der Waals surface area contributed by atoms with E-state index in [4.69, 9.17) is 16.7 Å². The first-order valence-corrected chi connectivity index (χ1v) is 5.54. The van der Waals surface area contributed by atoms with Crippen molar-refractivity contribution in [3.8, 4) is 0 Å². The predicted molar refractivity (Wildman–Crippen MR) is 62.5 cm³/mol. The van der Waals surface area contributed by atoms with Crippen LogP contribution >= 0.6 is 11.6 Å². The third-order valence-corrected chi connectivity index (χ3v) is 2.39. The van der Waals surface area contributed by atoms with E-state index in [1.807, 2.05) is 6.92 Å². The minimum Gasteiger partial charge on any atom is -0.396 e. The number of carbonyl (C=O) groups is 1. The Morgan fingerprint density at radius 3 is 2.94 bits per heavy atom. The number of rotatable bonds is 5. The molecule has 4 nitrogen and oxygen atoms in total. The zero-order valence-electron chi connectivity index (χ0n) is 9.11. The van der Waals surface area contributed by atoms with Crippen molar-refractivity contribution in [1.29, 1.82) is 0 Å². The summed E-state index contributed by atoms with van der Waals surface area (Å²) >= 11 is 5.62. The molecule has 1 aromatic heterocycles. The van der Waals surface area contributed by atoms with Crippen LogP contribution in [0.1, 0.15) is 30.1 Å². The van der Waals surface area contributed by atoms with Gasteiger partial charge in [-0.2, -0.15) is 0 Å². The Morgan fingerprint density at radius 2 is 2.38 bits per heavy atom. The molecule has 5 heteroatoms. The molecule has 0 aliphatic heterocycles. The highest BCUT2D eigenvalue weighted by atomic mass is 35.5. The molecule has 0 spiro atoms. The van der Waals surface area contributed by atoms with Crippen LogP contribution in [0.25, 0.3) is 0 Å². The second-order valence-corrected chi connectivity index (χ2v) is 4.00. The van der Waals surface area contributed by atoms with E-state index >= 15 is 0 Å². The number of nitrogens with zero attached hydrogens (tertiary/aromatic N) is 1. The molecular formula is C11H15ClN2O2. The van der Waals surface area contributed by atoms with Crippen molar-refractivity contribution in [2.24, 2.45) is 0 Å². The summed E-state index contributed by atoms with van der Waals surface area (Å²) in [6, 6.07) is 3.24. The summed E-state index contributed by atoms with van der Waals surface area (Å²) in [5.74, 6) is -0.172. The number of nitrogens with one attached hydrogen (secondary N) is 1. The van der Waals surface area contributed by atoms with Crippen LogP contribution in [0.5, 0.6) is 0 Å². The van der Waals surface area contributed by atoms with E-state index in [0.29, 0.717) is 17.1 Å². The summed E-state index contributed by atoms with van der Waals surface area (Å²) in [6.45, 7) is 2.04. The van der Waals surface area contributed by atoms with Crippen molar-refractivity contribution >= 4 is 17.5 Å². The Morgan fingerprint density at radius 1 is 1.62 bits per heavy atom. The zero-order valence-corrected chi connectivity index (χ0v) is 9.87. The van der Waals surface area contributed by atoms with Gasteiger partial charge in [-0.1, -0.05) is 11.6 Å². The number of hydrogen-bond acceptors (Lipinski definition) is 3. The molecule has 0 saturated carbocycles. The van der Waals surface area contributed by atoms with Gasteiger partial charge in [-0.25, -0.2) is 4.98 Å². The molecule has 1 heterocycles. The Bertz CT molecular complexity index is 340. The molecule has 2 N–H and O–H groups in total. The van der Waals surface area contributed by atoms with Gasteiger partial charge in [0, 0.05) is 18.8 Å². The molecule has 0 bridgehead atoms. The lowest BCUT2D eigenvalue weighted by Crippen LogP contribution is -2.32. The van der Waals surface area contributed by atoms with Gasteiger partial charge in [0.25, 0.3) is 5.91 Å². The molecule has 0 saturated heterocycles. The van der Waals surface area contributed by atoms with Gasteiger partial charge >= 0.3 is 0 Å². The fourth-order valence-electron chi connectivity index (χ4n) is 1.29. The Hall–Kier alpha value is -1.13. The lowest BCUT2D eigenvalue weighted by Gasteiger charge is -2.12. The number of pyridine rings is 1. The van der Waals surface area contributed by atoms with Crippen molar-refractivity contribution < 1.29 is 9.90 Å². The van der Waals surface area contributed by atoms with Crippen LogP contribution in [-0.4, -0.2) is 28.6 Å². The molecule has 1 amide bonds. The molecule has 1 aromatic rings. The number of aliphatic hydroxyl groups is 1. The molecule has 88 valence electrons. The minimum atomic E-state index is -0.172. The average Bonchev–Trinajstić information content (AvgIpc) is 2.27. The van der Waals surface area contributed by atoms with Crippen molar-refractivity contribution in [2.45, 2.75) is 25.8 Å². The smallest absolute Gasteiger partial charge is 0.253 e. The maximum Gasteiger partial charge on any atom is 0.253 e.